The van der Waals surface area contributed by atoms with Gasteiger partial charge in [0, 0.05) is 12.1 Å². The Bertz CT molecular complexity index is 908. The summed E-state index contributed by atoms with van der Waals surface area (Å²) >= 11 is 0. The third-order valence-corrected chi connectivity index (χ3v) is 4.55. The van der Waals surface area contributed by atoms with E-state index in [4.69, 9.17) is 4.74 Å². The molecule has 7 nitrogen and oxygen atoms in total. The molecule has 1 aliphatic heterocycles. The van der Waals surface area contributed by atoms with Gasteiger partial charge in [-0.3, -0.25) is 19.3 Å². The Morgan fingerprint density at radius 2 is 1.89 bits per heavy atom. The molecule has 1 aliphatic rings. The Labute approximate surface area is 162 Å². The van der Waals surface area contributed by atoms with E-state index in [0.29, 0.717) is 30.0 Å². The highest BCUT2D eigenvalue weighted by atomic mass is 16.5. The first-order valence-corrected chi connectivity index (χ1v) is 9.03. The van der Waals surface area contributed by atoms with Crippen LogP contribution in [0.2, 0.25) is 0 Å². The molecule has 2 aromatic carbocycles. The number of nitrogens with zero attached hydrogens (tertiary/aromatic N) is 1. The van der Waals surface area contributed by atoms with Crippen molar-refractivity contribution in [3.63, 3.8) is 0 Å². The van der Waals surface area contributed by atoms with E-state index in [-0.39, 0.29) is 29.9 Å². The van der Waals surface area contributed by atoms with E-state index in [1.807, 2.05) is 0 Å². The summed E-state index contributed by atoms with van der Waals surface area (Å²) in [6, 6.07) is 11.6. The molecule has 0 saturated heterocycles. The summed E-state index contributed by atoms with van der Waals surface area (Å²) in [6.07, 6.45) is -0.106. The molecule has 1 unspecified atom stereocenters. The summed E-state index contributed by atoms with van der Waals surface area (Å²) in [5.41, 5.74) is 1.84. The first kappa shape index (κ1) is 19.4. The van der Waals surface area contributed by atoms with E-state index >= 15 is 0 Å². The summed E-state index contributed by atoms with van der Waals surface area (Å²) in [4.78, 5) is 37.9. The molecule has 0 fully saturated rings. The number of amides is 2. The average Bonchev–Trinajstić information content (AvgIpc) is 2.66. The zero-order chi connectivity index (χ0) is 20.3. The van der Waals surface area contributed by atoms with Gasteiger partial charge in [0.1, 0.15) is 18.0 Å². The van der Waals surface area contributed by atoms with Gasteiger partial charge >= 0.3 is 0 Å². The molecule has 1 heterocycles. The maximum atomic E-state index is 12.5. The number of rotatable bonds is 6. The van der Waals surface area contributed by atoms with Crippen molar-refractivity contribution in [1.82, 2.24) is 5.32 Å². The average molecular weight is 382 g/mol. The predicted octanol–water partition coefficient (Wildman–Crippen LogP) is 2.07. The highest BCUT2D eigenvalue weighted by Gasteiger charge is 2.33. The van der Waals surface area contributed by atoms with E-state index < -0.39 is 6.10 Å². The number of hydrogen-bond donors (Lipinski definition) is 2. The summed E-state index contributed by atoms with van der Waals surface area (Å²) in [5.74, 6) is -0.111. The largest absolute Gasteiger partial charge is 0.508 e. The number of hydrogen-bond acceptors (Lipinski definition) is 5. The lowest BCUT2D eigenvalue weighted by Gasteiger charge is -2.32. The Morgan fingerprint density at radius 1 is 1.18 bits per heavy atom. The molecule has 0 radical (unpaired) electrons. The fraction of sp³-hybridized carbons (Fsp3) is 0.286. The number of nitrogens with one attached hydrogen (secondary N) is 1. The van der Waals surface area contributed by atoms with Gasteiger partial charge in [0.05, 0.1) is 5.69 Å². The maximum absolute atomic E-state index is 12.5. The molecule has 2 N–H and O–H groups in total. The van der Waals surface area contributed by atoms with Crippen molar-refractivity contribution in [3.05, 3.63) is 53.6 Å². The van der Waals surface area contributed by atoms with Crippen LogP contribution in [0.15, 0.2) is 42.5 Å². The lowest BCUT2D eigenvalue weighted by molar-refractivity contribution is -0.128. The second-order valence-corrected chi connectivity index (χ2v) is 6.69. The van der Waals surface area contributed by atoms with Crippen LogP contribution in [0, 0.1) is 0 Å². The van der Waals surface area contributed by atoms with Gasteiger partial charge in [-0.25, -0.2) is 0 Å². The summed E-state index contributed by atoms with van der Waals surface area (Å²) in [6.45, 7) is 3.31. The molecule has 28 heavy (non-hydrogen) atoms. The molecule has 0 saturated carbocycles. The molecule has 0 aliphatic carbocycles. The monoisotopic (exact) mass is 382 g/mol. The Hall–Kier alpha value is -3.35. The number of carbonyl (C=O) groups excluding carboxylic acids is 3. The van der Waals surface area contributed by atoms with Crippen LogP contribution in [0.5, 0.6) is 11.5 Å². The van der Waals surface area contributed by atoms with Crippen molar-refractivity contribution in [2.75, 3.05) is 18.0 Å². The molecule has 3 rings (SSSR count). The third-order valence-electron chi connectivity index (χ3n) is 4.55. The van der Waals surface area contributed by atoms with Gasteiger partial charge in [-0.1, -0.05) is 12.1 Å². The minimum absolute atomic E-state index is 0.132. The molecular formula is C21H22N2O5. The third kappa shape index (κ3) is 4.31. The predicted molar refractivity (Wildman–Crippen MR) is 104 cm³/mol. The number of Topliss-reactive ketones (excluding diaryl/α,β-unsaturated/α-hetero) is 1. The highest BCUT2D eigenvalue weighted by molar-refractivity contribution is 6.05. The van der Waals surface area contributed by atoms with Gasteiger partial charge in [-0.15, -0.1) is 0 Å². The molecule has 2 amide bonds. The number of aromatic hydroxyl groups is 1. The Morgan fingerprint density at radius 3 is 2.57 bits per heavy atom. The summed E-state index contributed by atoms with van der Waals surface area (Å²) in [7, 11) is 0. The van der Waals surface area contributed by atoms with Crippen molar-refractivity contribution in [3.8, 4) is 11.5 Å². The van der Waals surface area contributed by atoms with Crippen LogP contribution in [0.1, 0.15) is 29.8 Å². The highest BCUT2D eigenvalue weighted by Crippen LogP contribution is 2.34. The van der Waals surface area contributed by atoms with Gasteiger partial charge in [0.25, 0.3) is 5.91 Å². The first-order valence-electron chi connectivity index (χ1n) is 9.03. The standard InChI is InChI=1S/C21H22N2O5/c1-13(24)16-5-8-19-18(11-16)23(21(27)14(2)28-19)12-20(26)22-10-9-15-3-6-17(25)7-4-15/h3-8,11,14,25H,9-10,12H2,1-2H3,(H,22,26). The zero-order valence-electron chi connectivity index (χ0n) is 15.8. The van der Waals surface area contributed by atoms with E-state index in [0.717, 1.165) is 5.56 Å². The number of anilines is 1. The minimum atomic E-state index is -0.708. The van der Waals surface area contributed by atoms with Crippen LogP contribution < -0.4 is 15.0 Å². The number of benzene rings is 2. The van der Waals surface area contributed by atoms with Crippen LogP contribution in [0.25, 0.3) is 0 Å². The molecule has 146 valence electrons. The number of fused-ring (bicyclic) bond motifs is 1. The molecule has 2 aromatic rings. The van der Waals surface area contributed by atoms with Crippen molar-refractivity contribution in [1.29, 1.82) is 0 Å². The number of phenolic OH excluding ortho intramolecular Hbond substituents is 1. The molecule has 0 aromatic heterocycles. The Balaban J connectivity index is 1.67. The van der Waals surface area contributed by atoms with Gasteiger partial charge < -0.3 is 15.2 Å². The summed E-state index contributed by atoms with van der Waals surface area (Å²) in [5, 5.41) is 12.1. The van der Waals surface area contributed by atoms with Crippen molar-refractivity contribution in [2.24, 2.45) is 0 Å². The SMILES string of the molecule is CC(=O)c1ccc2c(c1)N(CC(=O)NCCc1ccc(O)cc1)C(=O)C(C)O2. The van der Waals surface area contributed by atoms with E-state index in [9.17, 15) is 19.5 Å². The van der Waals surface area contributed by atoms with Gasteiger partial charge in [-0.2, -0.15) is 0 Å². The number of carbonyl (C=O) groups is 3. The molecular weight excluding hydrogens is 360 g/mol. The Kier molecular flexibility index (Phi) is 5.63. The molecule has 7 heteroatoms. The van der Waals surface area contributed by atoms with Crippen LogP contribution in [0.4, 0.5) is 5.69 Å². The zero-order valence-corrected chi connectivity index (χ0v) is 15.8. The number of ether oxygens (including phenoxy) is 1. The number of phenols is 1. The van der Waals surface area contributed by atoms with E-state index in [1.165, 1.54) is 11.8 Å². The van der Waals surface area contributed by atoms with Gasteiger partial charge in [0.2, 0.25) is 5.91 Å². The van der Waals surface area contributed by atoms with E-state index in [1.54, 1.807) is 49.4 Å². The topological polar surface area (TPSA) is 95.9 Å². The van der Waals surface area contributed by atoms with Crippen LogP contribution in [-0.4, -0.2) is 41.9 Å². The van der Waals surface area contributed by atoms with Gasteiger partial charge in [0.15, 0.2) is 11.9 Å². The van der Waals surface area contributed by atoms with Crippen molar-refractivity contribution >= 4 is 23.3 Å². The molecule has 0 spiro atoms. The van der Waals surface area contributed by atoms with E-state index in [2.05, 4.69) is 5.32 Å². The normalized spacial score (nSPS) is 15.6. The van der Waals surface area contributed by atoms with Crippen molar-refractivity contribution < 1.29 is 24.2 Å². The summed E-state index contributed by atoms with van der Waals surface area (Å²) < 4.78 is 5.58. The first-order chi connectivity index (χ1) is 13.3. The molecule has 0 bridgehead atoms. The fourth-order valence-electron chi connectivity index (χ4n) is 3.00. The smallest absolute Gasteiger partial charge is 0.268 e. The molecule has 1 atom stereocenters. The quantitative estimate of drug-likeness (QED) is 0.746. The number of ketones is 1. The lowest BCUT2D eigenvalue weighted by atomic mass is 10.1. The second-order valence-electron chi connectivity index (χ2n) is 6.69. The fourth-order valence-corrected chi connectivity index (χ4v) is 3.00. The second kappa shape index (κ2) is 8.12. The van der Waals surface area contributed by atoms with Crippen LogP contribution in [-0.2, 0) is 16.0 Å². The maximum Gasteiger partial charge on any atom is 0.268 e. The van der Waals surface area contributed by atoms with Crippen molar-refractivity contribution in [2.45, 2.75) is 26.4 Å². The van der Waals surface area contributed by atoms with Crippen LogP contribution >= 0.6 is 0 Å². The van der Waals surface area contributed by atoms with Crippen LogP contribution in [0.3, 0.4) is 0 Å². The lowest BCUT2D eigenvalue weighted by Crippen LogP contribution is -2.49. The minimum Gasteiger partial charge on any atom is -0.508 e. The van der Waals surface area contributed by atoms with Gasteiger partial charge in [-0.05, 0) is 56.2 Å².